The number of nitrogens with zero attached hydrogens (tertiary/aromatic N) is 3. The Balaban J connectivity index is 2.30. The van der Waals surface area contributed by atoms with Gasteiger partial charge in [0.05, 0.1) is 11.3 Å². The van der Waals surface area contributed by atoms with Gasteiger partial charge in [-0.1, -0.05) is 15.9 Å². The number of nitriles is 1. The summed E-state index contributed by atoms with van der Waals surface area (Å²) in [7, 11) is 0. The van der Waals surface area contributed by atoms with Gasteiger partial charge in [-0.15, -0.1) is 0 Å². The predicted molar refractivity (Wildman–Crippen MR) is 79.8 cm³/mol. The zero-order chi connectivity index (χ0) is 13.7. The normalized spacial score (nSPS) is 9.95. The number of benzene rings is 1. The topological polar surface area (TPSA) is 39.9 Å². The van der Waals surface area contributed by atoms with Crippen LogP contribution in [-0.2, 0) is 6.54 Å². The molecule has 1 heterocycles. The number of hydrogen-bond acceptors (Lipinski definition) is 3. The average Bonchev–Trinajstić information content (AvgIpc) is 2.46. The Kier molecular flexibility index (Phi) is 4.53. The van der Waals surface area contributed by atoms with Crippen LogP contribution in [0.2, 0.25) is 0 Å². The lowest BCUT2D eigenvalue weighted by Crippen LogP contribution is -2.22. The van der Waals surface area contributed by atoms with E-state index in [1.807, 2.05) is 30.3 Å². The largest absolute Gasteiger partial charge is 0.366 e. The van der Waals surface area contributed by atoms with Gasteiger partial charge in [-0.2, -0.15) is 5.26 Å². The molecule has 19 heavy (non-hydrogen) atoms. The Labute approximate surface area is 121 Å². The van der Waals surface area contributed by atoms with Gasteiger partial charge in [-0.25, -0.2) is 0 Å². The first-order valence-electron chi connectivity index (χ1n) is 6.08. The van der Waals surface area contributed by atoms with Crippen molar-refractivity contribution >= 4 is 21.6 Å². The van der Waals surface area contributed by atoms with Gasteiger partial charge in [0.2, 0.25) is 0 Å². The molecule has 0 aliphatic heterocycles. The lowest BCUT2D eigenvalue weighted by molar-refractivity contribution is 0.828. The molecule has 0 saturated heterocycles. The molecule has 3 nitrogen and oxygen atoms in total. The van der Waals surface area contributed by atoms with Gasteiger partial charge in [0.25, 0.3) is 0 Å². The zero-order valence-electron chi connectivity index (χ0n) is 10.7. The summed E-state index contributed by atoms with van der Waals surface area (Å²) in [5.74, 6) is 0. The van der Waals surface area contributed by atoms with E-state index in [4.69, 9.17) is 0 Å². The summed E-state index contributed by atoms with van der Waals surface area (Å²) in [5, 5.41) is 9.25. The molecular formula is C15H14BrN3. The van der Waals surface area contributed by atoms with Crippen molar-refractivity contribution < 1.29 is 0 Å². The molecule has 0 spiro atoms. The van der Waals surface area contributed by atoms with Crippen LogP contribution >= 0.6 is 15.9 Å². The first-order valence-corrected chi connectivity index (χ1v) is 6.87. The molecule has 0 unspecified atom stereocenters. The third-order valence-electron chi connectivity index (χ3n) is 2.92. The van der Waals surface area contributed by atoms with Crippen molar-refractivity contribution in [3.8, 4) is 6.07 Å². The van der Waals surface area contributed by atoms with E-state index < -0.39 is 0 Å². The molecule has 1 aromatic carbocycles. The monoisotopic (exact) mass is 315 g/mol. The van der Waals surface area contributed by atoms with Crippen LogP contribution in [0, 0.1) is 11.3 Å². The van der Waals surface area contributed by atoms with Crippen LogP contribution in [0.15, 0.2) is 47.2 Å². The van der Waals surface area contributed by atoms with Gasteiger partial charge in [0.1, 0.15) is 6.07 Å². The number of halogens is 1. The molecule has 0 atom stereocenters. The van der Waals surface area contributed by atoms with Crippen molar-refractivity contribution in [1.29, 1.82) is 5.26 Å². The number of rotatable bonds is 4. The molecule has 0 fully saturated rings. The molecule has 2 aromatic rings. The van der Waals surface area contributed by atoms with E-state index >= 15 is 0 Å². The van der Waals surface area contributed by atoms with E-state index in [9.17, 15) is 5.26 Å². The van der Waals surface area contributed by atoms with E-state index in [-0.39, 0.29) is 0 Å². The molecule has 4 heteroatoms. The summed E-state index contributed by atoms with van der Waals surface area (Å²) in [4.78, 5) is 6.20. The lowest BCUT2D eigenvalue weighted by atomic mass is 10.1. The van der Waals surface area contributed by atoms with E-state index in [0.717, 1.165) is 23.2 Å². The summed E-state index contributed by atoms with van der Waals surface area (Å²) < 4.78 is 0.924. The van der Waals surface area contributed by atoms with Gasteiger partial charge >= 0.3 is 0 Å². The summed E-state index contributed by atoms with van der Waals surface area (Å²) in [6.07, 6.45) is 3.58. The van der Waals surface area contributed by atoms with Crippen molar-refractivity contribution in [2.24, 2.45) is 0 Å². The molecule has 96 valence electrons. The van der Waals surface area contributed by atoms with Gasteiger partial charge in [-0.3, -0.25) is 4.98 Å². The molecule has 0 saturated carbocycles. The summed E-state index contributed by atoms with van der Waals surface area (Å²) in [5.41, 5.74) is 2.83. The Morgan fingerprint density at radius 3 is 2.63 bits per heavy atom. The maximum atomic E-state index is 9.25. The fourth-order valence-corrected chi connectivity index (χ4v) is 2.31. The fourth-order valence-electron chi connectivity index (χ4n) is 1.95. The van der Waals surface area contributed by atoms with Gasteiger partial charge in [0.15, 0.2) is 0 Å². The lowest BCUT2D eigenvalue weighted by Gasteiger charge is -2.24. The smallest absolute Gasteiger partial charge is 0.101 e. The molecule has 0 amide bonds. The minimum atomic E-state index is 0.685. The van der Waals surface area contributed by atoms with Crippen LogP contribution in [0.3, 0.4) is 0 Å². The summed E-state index contributed by atoms with van der Waals surface area (Å²) in [6, 6.07) is 12.0. The van der Waals surface area contributed by atoms with Crippen LogP contribution in [0.1, 0.15) is 18.1 Å². The average molecular weight is 316 g/mol. The van der Waals surface area contributed by atoms with Crippen molar-refractivity contribution in [3.63, 3.8) is 0 Å². The molecule has 0 N–H and O–H groups in total. The van der Waals surface area contributed by atoms with Crippen LogP contribution in [-0.4, -0.2) is 11.5 Å². The molecule has 0 aliphatic rings. The van der Waals surface area contributed by atoms with Crippen LogP contribution in [0.4, 0.5) is 5.69 Å². The van der Waals surface area contributed by atoms with Crippen molar-refractivity contribution in [3.05, 3.63) is 58.3 Å². The van der Waals surface area contributed by atoms with Gasteiger partial charge in [0, 0.05) is 30.0 Å². The molecule has 1 aromatic heterocycles. The Morgan fingerprint density at radius 2 is 2.00 bits per heavy atom. The summed E-state index contributed by atoms with van der Waals surface area (Å²) >= 11 is 3.40. The summed E-state index contributed by atoms with van der Waals surface area (Å²) in [6.45, 7) is 3.71. The van der Waals surface area contributed by atoms with E-state index in [2.05, 4.69) is 38.8 Å². The number of pyridine rings is 1. The fraction of sp³-hybridized carbons (Fsp3) is 0.200. The minimum Gasteiger partial charge on any atom is -0.366 e. The van der Waals surface area contributed by atoms with Gasteiger partial charge < -0.3 is 4.90 Å². The highest BCUT2D eigenvalue weighted by molar-refractivity contribution is 9.10. The van der Waals surface area contributed by atoms with Gasteiger partial charge in [-0.05, 0) is 42.8 Å². The third kappa shape index (κ3) is 3.33. The maximum absolute atomic E-state index is 9.25. The SMILES string of the molecule is CCN(Cc1ccncc1)c1ccc(Br)cc1C#N. The number of hydrogen-bond donors (Lipinski definition) is 0. The second kappa shape index (κ2) is 6.35. The molecule has 0 aliphatic carbocycles. The number of anilines is 1. The van der Waals surface area contributed by atoms with E-state index in [1.54, 1.807) is 12.4 Å². The number of aromatic nitrogens is 1. The van der Waals surface area contributed by atoms with E-state index in [1.165, 1.54) is 5.56 Å². The van der Waals surface area contributed by atoms with Crippen molar-refractivity contribution in [1.82, 2.24) is 4.98 Å². The molecule has 2 rings (SSSR count). The first kappa shape index (κ1) is 13.6. The second-order valence-corrected chi connectivity index (χ2v) is 5.06. The van der Waals surface area contributed by atoms with Crippen LogP contribution in [0.5, 0.6) is 0 Å². The molecular weight excluding hydrogens is 302 g/mol. The first-order chi connectivity index (χ1) is 9.24. The Morgan fingerprint density at radius 1 is 1.26 bits per heavy atom. The highest BCUT2D eigenvalue weighted by atomic mass is 79.9. The molecule has 0 bridgehead atoms. The Hall–Kier alpha value is -1.86. The molecule has 0 radical (unpaired) electrons. The second-order valence-electron chi connectivity index (χ2n) is 4.14. The minimum absolute atomic E-state index is 0.685. The maximum Gasteiger partial charge on any atom is 0.101 e. The zero-order valence-corrected chi connectivity index (χ0v) is 12.3. The highest BCUT2D eigenvalue weighted by Crippen LogP contribution is 2.25. The van der Waals surface area contributed by atoms with E-state index in [0.29, 0.717) is 5.56 Å². The van der Waals surface area contributed by atoms with Crippen LogP contribution in [0.25, 0.3) is 0 Å². The predicted octanol–water partition coefficient (Wildman–Crippen LogP) is 3.74. The van der Waals surface area contributed by atoms with Crippen LogP contribution < -0.4 is 4.90 Å². The highest BCUT2D eigenvalue weighted by Gasteiger charge is 2.10. The quantitative estimate of drug-likeness (QED) is 0.862. The standard InChI is InChI=1S/C15H14BrN3/c1-2-19(11-12-5-7-18-8-6-12)15-4-3-14(16)9-13(15)10-17/h3-9H,2,11H2,1H3. The van der Waals surface area contributed by atoms with Crippen molar-refractivity contribution in [2.45, 2.75) is 13.5 Å². The van der Waals surface area contributed by atoms with Crippen molar-refractivity contribution in [2.75, 3.05) is 11.4 Å². The Bertz CT molecular complexity index is 590. The third-order valence-corrected chi connectivity index (χ3v) is 3.42.